The summed E-state index contributed by atoms with van der Waals surface area (Å²) >= 11 is 0. The number of ether oxygens (including phenoxy) is 1. The van der Waals surface area contributed by atoms with Gasteiger partial charge in [-0.05, 0) is 19.1 Å². The maximum Gasteiger partial charge on any atom is 0.356 e. The number of methoxy groups -OCH3 is 1. The first-order valence-electron chi connectivity index (χ1n) is 5.87. The van der Waals surface area contributed by atoms with Crippen molar-refractivity contribution in [2.45, 2.75) is 13.5 Å². The van der Waals surface area contributed by atoms with Crippen LogP contribution in [0.4, 0.5) is 5.69 Å². The number of aromatic nitrogens is 3. The smallest absolute Gasteiger partial charge is 0.356 e. The zero-order chi connectivity index (χ0) is 13.8. The first kappa shape index (κ1) is 13.1. The van der Waals surface area contributed by atoms with E-state index in [-0.39, 0.29) is 5.69 Å². The minimum atomic E-state index is -0.443. The van der Waals surface area contributed by atoms with Gasteiger partial charge in [-0.2, -0.15) is 5.10 Å². The van der Waals surface area contributed by atoms with Gasteiger partial charge in [0.1, 0.15) is 5.69 Å². The van der Waals surface area contributed by atoms with Gasteiger partial charge in [0, 0.05) is 36.7 Å². The van der Waals surface area contributed by atoms with E-state index in [4.69, 9.17) is 0 Å². The van der Waals surface area contributed by atoms with Gasteiger partial charge in [-0.25, -0.2) is 9.78 Å². The van der Waals surface area contributed by atoms with E-state index in [1.807, 2.05) is 24.9 Å². The van der Waals surface area contributed by atoms with E-state index in [1.54, 1.807) is 18.3 Å². The summed E-state index contributed by atoms with van der Waals surface area (Å²) in [6.07, 6.45) is 3.40. The van der Waals surface area contributed by atoms with Crippen LogP contribution < -0.4 is 5.32 Å². The number of anilines is 1. The number of carbonyl (C=O) groups excluding carboxylic acids is 1. The summed E-state index contributed by atoms with van der Waals surface area (Å²) in [5.74, 6) is -0.443. The maximum atomic E-state index is 11.4. The highest BCUT2D eigenvalue weighted by atomic mass is 16.5. The number of pyridine rings is 1. The molecule has 0 saturated carbocycles. The van der Waals surface area contributed by atoms with Crippen molar-refractivity contribution in [3.05, 3.63) is 41.5 Å². The molecule has 0 saturated heterocycles. The SMILES string of the molecule is COC(=O)c1cc(NCc2cnn(C)c2C)ccn1. The standard InChI is InChI=1S/C13H16N4O2/c1-9-10(8-16-17(9)2)7-15-11-4-5-14-12(6-11)13(18)19-3/h4-6,8H,7H2,1-3H3,(H,14,15). The third-order valence-corrected chi connectivity index (χ3v) is 2.97. The molecule has 0 fully saturated rings. The Morgan fingerprint density at radius 2 is 2.32 bits per heavy atom. The Morgan fingerprint density at radius 3 is 2.95 bits per heavy atom. The number of hydrogen-bond donors (Lipinski definition) is 1. The summed E-state index contributed by atoms with van der Waals surface area (Å²) in [5.41, 5.74) is 3.32. The predicted octanol–water partition coefficient (Wildman–Crippen LogP) is 1.52. The fourth-order valence-corrected chi connectivity index (χ4v) is 1.67. The summed E-state index contributed by atoms with van der Waals surface area (Å²) in [4.78, 5) is 15.3. The molecule has 2 rings (SSSR count). The highest BCUT2D eigenvalue weighted by Gasteiger charge is 2.08. The number of hydrogen-bond acceptors (Lipinski definition) is 5. The Morgan fingerprint density at radius 1 is 1.53 bits per heavy atom. The van der Waals surface area contributed by atoms with Crippen LogP contribution in [0.15, 0.2) is 24.5 Å². The topological polar surface area (TPSA) is 69.0 Å². The molecule has 2 aromatic rings. The van der Waals surface area contributed by atoms with E-state index in [0.29, 0.717) is 6.54 Å². The van der Waals surface area contributed by atoms with Crippen LogP contribution in [0.3, 0.4) is 0 Å². The molecule has 100 valence electrons. The molecule has 6 heteroatoms. The van der Waals surface area contributed by atoms with Crippen molar-refractivity contribution in [3.63, 3.8) is 0 Å². The lowest BCUT2D eigenvalue weighted by molar-refractivity contribution is 0.0594. The van der Waals surface area contributed by atoms with Gasteiger partial charge in [-0.3, -0.25) is 4.68 Å². The number of carbonyl (C=O) groups is 1. The Labute approximate surface area is 111 Å². The van der Waals surface area contributed by atoms with Crippen LogP contribution in [0, 0.1) is 6.92 Å². The Balaban J connectivity index is 2.07. The molecule has 0 bridgehead atoms. The van der Waals surface area contributed by atoms with Crippen LogP contribution in [-0.4, -0.2) is 27.8 Å². The van der Waals surface area contributed by atoms with E-state index >= 15 is 0 Å². The second-order valence-corrected chi connectivity index (χ2v) is 4.15. The molecule has 19 heavy (non-hydrogen) atoms. The number of aryl methyl sites for hydroxylation is 1. The van der Waals surface area contributed by atoms with Gasteiger partial charge in [-0.15, -0.1) is 0 Å². The fraction of sp³-hybridized carbons (Fsp3) is 0.308. The molecule has 0 radical (unpaired) electrons. The predicted molar refractivity (Wildman–Crippen MR) is 70.8 cm³/mol. The lowest BCUT2D eigenvalue weighted by atomic mass is 10.2. The third kappa shape index (κ3) is 2.90. The molecule has 0 aromatic carbocycles. The van der Waals surface area contributed by atoms with Crippen LogP contribution in [-0.2, 0) is 18.3 Å². The van der Waals surface area contributed by atoms with Crippen LogP contribution in [0.5, 0.6) is 0 Å². The van der Waals surface area contributed by atoms with E-state index in [0.717, 1.165) is 16.9 Å². The average molecular weight is 260 g/mol. The molecule has 0 spiro atoms. The minimum absolute atomic E-state index is 0.287. The van der Waals surface area contributed by atoms with Gasteiger partial charge < -0.3 is 10.1 Å². The van der Waals surface area contributed by atoms with Crippen LogP contribution in [0.1, 0.15) is 21.7 Å². The average Bonchev–Trinajstić information content (AvgIpc) is 2.76. The first-order chi connectivity index (χ1) is 9.11. The third-order valence-electron chi connectivity index (χ3n) is 2.97. The van der Waals surface area contributed by atoms with E-state index in [1.165, 1.54) is 7.11 Å². The van der Waals surface area contributed by atoms with Gasteiger partial charge in [0.05, 0.1) is 13.3 Å². The first-order valence-corrected chi connectivity index (χ1v) is 5.87. The number of nitrogens with one attached hydrogen (secondary N) is 1. The van der Waals surface area contributed by atoms with Crippen molar-refractivity contribution >= 4 is 11.7 Å². The van der Waals surface area contributed by atoms with Gasteiger partial charge in [0.2, 0.25) is 0 Å². The monoisotopic (exact) mass is 260 g/mol. The molecule has 6 nitrogen and oxygen atoms in total. The Kier molecular flexibility index (Phi) is 3.79. The molecule has 0 aliphatic heterocycles. The summed E-state index contributed by atoms with van der Waals surface area (Å²) in [7, 11) is 3.24. The van der Waals surface area contributed by atoms with E-state index in [9.17, 15) is 4.79 Å². The lowest BCUT2D eigenvalue weighted by Gasteiger charge is -2.07. The second-order valence-electron chi connectivity index (χ2n) is 4.15. The van der Waals surface area contributed by atoms with Crippen molar-refractivity contribution in [2.24, 2.45) is 7.05 Å². The molecular weight excluding hydrogens is 244 g/mol. The number of rotatable bonds is 4. The number of esters is 1. The molecule has 0 aliphatic rings. The highest BCUT2D eigenvalue weighted by Crippen LogP contribution is 2.12. The molecule has 0 aliphatic carbocycles. The number of nitrogens with zero attached hydrogens (tertiary/aromatic N) is 3. The van der Waals surface area contributed by atoms with Crippen LogP contribution in [0.2, 0.25) is 0 Å². The fourth-order valence-electron chi connectivity index (χ4n) is 1.67. The van der Waals surface area contributed by atoms with Crippen molar-refractivity contribution in [1.82, 2.24) is 14.8 Å². The van der Waals surface area contributed by atoms with Crippen LogP contribution in [0.25, 0.3) is 0 Å². The molecule has 0 atom stereocenters. The molecule has 2 heterocycles. The van der Waals surface area contributed by atoms with Crippen molar-refractivity contribution in [3.8, 4) is 0 Å². The van der Waals surface area contributed by atoms with Crippen molar-refractivity contribution in [1.29, 1.82) is 0 Å². The van der Waals surface area contributed by atoms with Gasteiger partial charge in [0.15, 0.2) is 0 Å². The second kappa shape index (κ2) is 5.51. The largest absolute Gasteiger partial charge is 0.464 e. The molecular formula is C13H16N4O2. The zero-order valence-corrected chi connectivity index (χ0v) is 11.2. The van der Waals surface area contributed by atoms with Crippen molar-refractivity contribution < 1.29 is 9.53 Å². The minimum Gasteiger partial charge on any atom is -0.464 e. The van der Waals surface area contributed by atoms with E-state index < -0.39 is 5.97 Å². The quantitative estimate of drug-likeness (QED) is 0.844. The lowest BCUT2D eigenvalue weighted by Crippen LogP contribution is -2.06. The Hall–Kier alpha value is -2.37. The van der Waals surface area contributed by atoms with Gasteiger partial charge >= 0.3 is 5.97 Å². The van der Waals surface area contributed by atoms with E-state index in [2.05, 4.69) is 20.1 Å². The van der Waals surface area contributed by atoms with Gasteiger partial charge in [-0.1, -0.05) is 0 Å². The normalized spacial score (nSPS) is 10.3. The van der Waals surface area contributed by atoms with Crippen molar-refractivity contribution in [2.75, 3.05) is 12.4 Å². The summed E-state index contributed by atoms with van der Waals surface area (Å²) < 4.78 is 6.46. The summed E-state index contributed by atoms with van der Waals surface area (Å²) in [6, 6.07) is 3.47. The molecule has 2 aromatic heterocycles. The summed E-state index contributed by atoms with van der Waals surface area (Å²) in [5, 5.41) is 7.41. The highest BCUT2D eigenvalue weighted by molar-refractivity contribution is 5.88. The summed E-state index contributed by atoms with van der Waals surface area (Å²) in [6.45, 7) is 2.65. The molecule has 1 N–H and O–H groups in total. The Bertz CT molecular complexity index is 592. The maximum absolute atomic E-state index is 11.4. The van der Waals surface area contributed by atoms with Gasteiger partial charge in [0.25, 0.3) is 0 Å². The van der Waals surface area contributed by atoms with Crippen LogP contribution >= 0.6 is 0 Å². The molecule has 0 amide bonds. The molecule has 0 unspecified atom stereocenters. The zero-order valence-electron chi connectivity index (χ0n) is 11.2.